The Morgan fingerprint density at radius 1 is 1.24 bits per heavy atom. The van der Waals surface area contributed by atoms with E-state index in [1.807, 2.05) is 0 Å². The Bertz CT molecular complexity index is 711. The van der Waals surface area contributed by atoms with Gasteiger partial charge in [0.2, 0.25) is 0 Å². The fourth-order valence-electron chi connectivity index (χ4n) is 1.73. The number of hydrogen-bond acceptors (Lipinski definition) is 4. The van der Waals surface area contributed by atoms with Crippen LogP contribution in [0, 0.1) is 0 Å². The van der Waals surface area contributed by atoms with E-state index in [1.165, 1.54) is 24.5 Å². The van der Waals surface area contributed by atoms with Crippen molar-refractivity contribution in [2.24, 2.45) is 5.73 Å². The Labute approximate surface area is 122 Å². The standard InChI is InChI=1S/C13H16N4O3S/c14-6-8-16-13(18)11-3-1-2-4-12(11)17-21(19,20)10-5-7-15-9-10/h1-5,7,9,15,17H,6,8,14H2,(H,16,18). The second-order valence-electron chi connectivity index (χ2n) is 4.24. The minimum Gasteiger partial charge on any atom is -0.366 e. The van der Waals surface area contributed by atoms with E-state index in [2.05, 4.69) is 15.0 Å². The largest absolute Gasteiger partial charge is 0.366 e. The highest BCUT2D eigenvalue weighted by Gasteiger charge is 2.18. The third-order valence-corrected chi connectivity index (χ3v) is 4.09. The van der Waals surface area contributed by atoms with Crippen molar-refractivity contribution in [2.45, 2.75) is 4.90 Å². The van der Waals surface area contributed by atoms with Gasteiger partial charge in [-0.1, -0.05) is 12.1 Å². The fraction of sp³-hybridized carbons (Fsp3) is 0.154. The Kier molecular flexibility index (Phi) is 4.61. The first-order valence-electron chi connectivity index (χ1n) is 6.27. The molecular formula is C13H16N4O3S. The van der Waals surface area contributed by atoms with Crippen molar-refractivity contribution < 1.29 is 13.2 Å². The maximum absolute atomic E-state index is 12.2. The molecule has 21 heavy (non-hydrogen) atoms. The number of para-hydroxylation sites is 1. The molecule has 0 atom stereocenters. The van der Waals surface area contributed by atoms with Crippen molar-refractivity contribution in [1.29, 1.82) is 0 Å². The average molecular weight is 308 g/mol. The van der Waals surface area contributed by atoms with Gasteiger partial charge < -0.3 is 16.0 Å². The second kappa shape index (κ2) is 6.42. The van der Waals surface area contributed by atoms with Gasteiger partial charge in [-0.2, -0.15) is 0 Å². The van der Waals surface area contributed by atoms with E-state index >= 15 is 0 Å². The fourth-order valence-corrected chi connectivity index (χ4v) is 2.79. The number of sulfonamides is 1. The highest BCUT2D eigenvalue weighted by Crippen LogP contribution is 2.19. The molecular weight excluding hydrogens is 292 g/mol. The lowest BCUT2D eigenvalue weighted by molar-refractivity contribution is 0.0955. The Hall–Kier alpha value is -2.32. The molecule has 1 heterocycles. The number of hydrogen-bond donors (Lipinski definition) is 4. The number of nitrogens with one attached hydrogen (secondary N) is 3. The van der Waals surface area contributed by atoms with Crippen molar-refractivity contribution in [1.82, 2.24) is 10.3 Å². The molecule has 0 aliphatic rings. The number of amides is 1. The molecule has 0 fully saturated rings. The molecule has 7 nitrogen and oxygen atoms in total. The summed E-state index contributed by atoms with van der Waals surface area (Å²) in [4.78, 5) is 14.8. The summed E-state index contributed by atoms with van der Waals surface area (Å²) in [5.41, 5.74) is 5.79. The third-order valence-electron chi connectivity index (χ3n) is 2.73. The SMILES string of the molecule is NCCNC(=O)c1ccccc1NS(=O)(=O)c1cc[nH]c1. The van der Waals surface area contributed by atoms with E-state index in [1.54, 1.807) is 18.2 Å². The molecule has 0 radical (unpaired) electrons. The van der Waals surface area contributed by atoms with Crippen LogP contribution in [0.25, 0.3) is 0 Å². The van der Waals surface area contributed by atoms with Gasteiger partial charge >= 0.3 is 0 Å². The van der Waals surface area contributed by atoms with Crippen molar-refractivity contribution in [3.63, 3.8) is 0 Å². The molecule has 1 amide bonds. The van der Waals surface area contributed by atoms with Gasteiger partial charge in [0.25, 0.3) is 15.9 Å². The minimum atomic E-state index is -3.73. The van der Waals surface area contributed by atoms with E-state index in [4.69, 9.17) is 5.73 Å². The molecule has 0 bridgehead atoms. The number of H-pyrrole nitrogens is 1. The first kappa shape index (κ1) is 15.1. The summed E-state index contributed by atoms with van der Waals surface area (Å²) in [6.45, 7) is 0.626. The molecule has 2 rings (SSSR count). The molecule has 1 aromatic heterocycles. The van der Waals surface area contributed by atoms with Gasteiger partial charge in [0, 0.05) is 25.5 Å². The van der Waals surface area contributed by atoms with Gasteiger partial charge in [-0.3, -0.25) is 9.52 Å². The zero-order valence-corrected chi connectivity index (χ0v) is 12.0. The lowest BCUT2D eigenvalue weighted by Crippen LogP contribution is -2.30. The molecule has 0 saturated carbocycles. The quantitative estimate of drug-likeness (QED) is 0.621. The normalized spacial score (nSPS) is 11.1. The van der Waals surface area contributed by atoms with Crippen LogP contribution in [0.3, 0.4) is 0 Å². The molecule has 0 unspecified atom stereocenters. The Morgan fingerprint density at radius 3 is 2.67 bits per heavy atom. The molecule has 0 spiro atoms. The lowest BCUT2D eigenvalue weighted by atomic mass is 10.1. The summed E-state index contributed by atoms with van der Waals surface area (Å²) in [7, 11) is -3.73. The maximum Gasteiger partial charge on any atom is 0.263 e. The highest BCUT2D eigenvalue weighted by molar-refractivity contribution is 7.92. The summed E-state index contributed by atoms with van der Waals surface area (Å²) in [6.07, 6.45) is 2.87. The number of anilines is 1. The van der Waals surface area contributed by atoms with Crippen LogP contribution in [0.2, 0.25) is 0 Å². The van der Waals surface area contributed by atoms with Gasteiger partial charge in [-0.05, 0) is 18.2 Å². The highest BCUT2D eigenvalue weighted by atomic mass is 32.2. The minimum absolute atomic E-state index is 0.0969. The molecule has 8 heteroatoms. The molecule has 0 aliphatic heterocycles. The summed E-state index contributed by atoms with van der Waals surface area (Å²) in [5.74, 6) is -0.382. The molecule has 1 aromatic carbocycles. The smallest absolute Gasteiger partial charge is 0.263 e. The van der Waals surface area contributed by atoms with Gasteiger partial charge in [-0.25, -0.2) is 8.42 Å². The van der Waals surface area contributed by atoms with E-state index in [0.29, 0.717) is 13.1 Å². The van der Waals surface area contributed by atoms with Gasteiger partial charge in [0.15, 0.2) is 0 Å². The molecule has 0 aliphatic carbocycles. The summed E-state index contributed by atoms with van der Waals surface area (Å²) in [5, 5.41) is 2.60. The van der Waals surface area contributed by atoms with Crippen molar-refractivity contribution >= 4 is 21.6 Å². The molecule has 112 valence electrons. The van der Waals surface area contributed by atoms with Crippen LogP contribution >= 0.6 is 0 Å². The second-order valence-corrected chi connectivity index (χ2v) is 5.92. The average Bonchev–Trinajstić information content (AvgIpc) is 3.00. The summed E-state index contributed by atoms with van der Waals surface area (Å²) < 4.78 is 26.7. The maximum atomic E-state index is 12.2. The zero-order chi connectivity index (χ0) is 15.3. The van der Waals surface area contributed by atoms with Gasteiger partial charge in [0.05, 0.1) is 11.3 Å². The number of aromatic nitrogens is 1. The summed E-state index contributed by atoms with van der Waals surface area (Å²) in [6, 6.07) is 7.81. The van der Waals surface area contributed by atoms with Crippen LogP contribution in [0.1, 0.15) is 10.4 Å². The lowest BCUT2D eigenvalue weighted by Gasteiger charge is -2.11. The number of benzene rings is 1. The molecule has 5 N–H and O–H groups in total. The van der Waals surface area contributed by atoms with Crippen LogP contribution in [0.15, 0.2) is 47.6 Å². The van der Waals surface area contributed by atoms with Gasteiger partial charge in [-0.15, -0.1) is 0 Å². The van der Waals surface area contributed by atoms with Crippen LogP contribution in [0.5, 0.6) is 0 Å². The van der Waals surface area contributed by atoms with Crippen molar-refractivity contribution in [3.8, 4) is 0 Å². The van der Waals surface area contributed by atoms with Crippen LogP contribution in [-0.2, 0) is 10.0 Å². The molecule has 0 saturated heterocycles. The van der Waals surface area contributed by atoms with Crippen LogP contribution in [0.4, 0.5) is 5.69 Å². The first-order chi connectivity index (χ1) is 10.0. The Morgan fingerprint density at radius 2 is 2.00 bits per heavy atom. The van der Waals surface area contributed by atoms with Crippen LogP contribution in [-0.4, -0.2) is 32.4 Å². The summed E-state index contributed by atoms with van der Waals surface area (Å²) >= 11 is 0. The first-order valence-corrected chi connectivity index (χ1v) is 7.76. The van der Waals surface area contributed by atoms with E-state index in [0.717, 1.165) is 0 Å². The predicted molar refractivity (Wildman–Crippen MR) is 79.4 cm³/mol. The number of carbonyl (C=O) groups is 1. The Balaban J connectivity index is 2.27. The number of carbonyl (C=O) groups excluding carboxylic acids is 1. The molecule has 2 aromatic rings. The third kappa shape index (κ3) is 3.61. The number of nitrogens with two attached hydrogens (primary N) is 1. The monoisotopic (exact) mass is 308 g/mol. The van der Waals surface area contributed by atoms with E-state index in [-0.39, 0.29) is 22.1 Å². The number of aromatic amines is 1. The van der Waals surface area contributed by atoms with Crippen molar-refractivity contribution in [2.75, 3.05) is 17.8 Å². The topological polar surface area (TPSA) is 117 Å². The van der Waals surface area contributed by atoms with Gasteiger partial charge in [0.1, 0.15) is 4.90 Å². The van der Waals surface area contributed by atoms with E-state index in [9.17, 15) is 13.2 Å². The van der Waals surface area contributed by atoms with Crippen molar-refractivity contribution in [3.05, 3.63) is 48.3 Å². The van der Waals surface area contributed by atoms with E-state index < -0.39 is 10.0 Å². The predicted octanol–water partition coefficient (Wildman–Crippen LogP) is 0.504. The zero-order valence-electron chi connectivity index (χ0n) is 11.2. The number of rotatable bonds is 6. The van der Waals surface area contributed by atoms with Crippen LogP contribution < -0.4 is 15.8 Å².